The van der Waals surface area contributed by atoms with Crippen molar-refractivity contribution in [1.29, 1.82) is 0 Å². The van der Waals surface area contributed by atoms with Crippen LogP contribution in [0, 0.1) is 0 Å². The van der Waals surface area contributed by atoms with Gasteiger partial charge in [-0.1, -0.05) is 29.8 Å². The molecule has 104 valence electrons. The maximum atomic E-state index is 11.8. The van der Waals surface area contributed by atoms with Crippen LogP contribution in [0.4, 0.5) is 16.2 Å². The summed E-state index contributed by atoms with van der Waals surface area (Å²) in [6.45, 7) is 1.67. The molecule has 0 saturated heterocycles. The van der Waals surface area contributed by atoms with Crippen LogP contribution in [0.3, 0.4) is 0 Å². The van der Waals surface area contributed by atoms with E-state index in [9.17, 15) is 9.90 Å². The first kappa shape index (κ1) is 14.4. The molecule has 0 aliphatic heterocycles. The van der Waals surface area contributed by atoms with Crippen molar-refractivity contribution in [2.24, 2.45) is 0 Å². The van der Waals surface area contributed by atoms with Crippen LogP contribution in [0.15, 0.2) is 48.5 Å². The number of anilines is 2. The second kappa shape index (κ2) is 6.41. The van der Waals surface area contributed by atoms with E-state index in [1.165, 1.54) is 0 Å². The van der Waals surface area contributed by atoms with Gasteiger partial charge in [-0.3, -0.25) is 0 Å². The molecule has 1 atom stereocenters. The Morgan fingerprint density at radius 1 is 1.10 bits per heavy atom. The number of rotatable bonds is 3. The zero-order valence-corrected chi connectivity index (χ0v) is 11.7. The first-order valence-electron chi connectivity index (χ1n) is 6.16. The van der Waals surface area contributed by atoms with E-state index in [-0.39, 0.29) is 6.03 Å². The average Bonchev–Trinajstić information content (AvgIpc) is 2.38. The number of nitrogens with one attached hydrogen (secondary N) is 2. The molecule has 0 radical (unpaired) electrons. The van der Waals surface area contributed by atoms with Gasteiger partial charge in [0.2, 0.25) is 0 Å². The van der Waals surface area contributed by atoms with Gasteiger partial charge in [0, 0.05) is 16.4 Å². The summed E-state index contributed by atoms with van der Waals surface area (Å²) in [5.41, 5.74) is 1.97. The van der Waals surface area contributed by atoms with Gasteiger partial charge < -0.3 is 15.7 Å². The largest absolute Gasteiger partial charge is 0.389 e. The van der Waals surface area contributed by atoms with Crippen LogP contribution < -0.4 is 10.6 Å². The van der Waals surface area contributed by atoms with Crippen LogP contribution in [0.5, 0.6) is 0 Å². The smallest absolute Gasteiger partial charge is 0.323 e. The topological polar surface area (TPSA) is 61.4 Å². The number of hydrogen-bond acceptors (Lipinski definition) is 2. The van der Waals surface area contributed by atoms with E-state index in [0.29, 0.717) is 16.4 Å². The third-order valence-corrected chi connectivity index (χ3v) is 2.94. The third kappa shape index (κ3) is 3.98. The first-order chi connectivity index (χ1) is 9.54. The lowest BCUT2D eigenvalue weighted by atomic mass is 10.1. The van der Waals surface area contributed by atoms with Crippen molar-refractivity contribution in [3.63, 3.8) is 0 Å². The van der Waals surface area contributed by atoms with Crippen molar-refractivity contribution in [2.45, 2.75) is 13.0 Å². The SMILES string of the molecule is C[C@H](O)c1cccc(NC(=O)Nc2cccc(Cl)c2)c1. The lowest BCUT2D eigenvalue weighted by Crippen LogP contribution is -2.19. The Morgan fingerprint density at radius 3 is 2.30 bits per heavy atom. The van der Waals surface area contributed by atoms with Crippen molar-refractivity contribution in [1.82, 2.24) is 0 Å². The Morgan fingerprint density at radius 2 is 1.70 bits per heavy atom. The van der Waals surface area contributed by atoms with E-state index < -0.39 is 6.10 Å². The molecule has 20 heavy (non-hydrogen) atoms. The van der Waals surface area contributed by atoms with E-state index in [4.69, 9.17) is 11.6 Å². The molecular formula is C15H15ClN2O2. The Bertz CT molecular complexity index is 614. The molecule has 3 N–H and O–H groups in total. The van der Waals surface area contributed by atoms with Gasteiger partial charge in [0.15, 0.2) is 0 Å². The highest BCUT2D eigenvalue weighted by Gasteiger charge is 2.05. The molecule has 0 unspecified atom stereocenters. The van der Waals surface area contributed by atoms with Gasteiger partial charge in [-0.2, -0.15) is 0 Å². The van der Waals surface area contributed by atoms with Gasteiger partial charge in [0.25, 0.3) is 0 Å². The summed E-state index contributed by atoms with van der Waals surface area (Å²) >= 11 is 5.84. The normalized spacial score (nSPS) is 11.8. The summed E-state index contributed by atoms with van der Waals surface area (Å²) in [5, 5.41) is 15.4. The number of carbonyl (C=O) groups excluding carboxylic acids is 1. The molecule has 2 aromatic carbocycles. The minimum atomic E-state index is -0.576. The summed E-state index contributed by atoms with van der Waals surface area (Å²) in [4.78, 5) is 11.8. The van der Waals surface area contributed by atoms with Gasteiger partial charge in [-0.15, -0.1) is 0 Å². The number of halogens is 1. The van der Waals surface area contributed by atoms with Gasteiger partial charge in [-0.25, -0.2) is 4.79 Å². The summed E-state index contributed by atoms with van der Waals surface area (Å²) in [6, 6.07) is 13.6. The summed E-state index contributed by atoms with van der Waals surface area (Å²) in [6.07, 6.45) is -0.576. The zero-order chi connectivity index (χ0) is 14.5. The number of carbonyl (C=O) groups is 1. The fraction of sp³-hybridized carbons (Fsp3) is 0.133. The number of benzene rings is 2. The molecule has 0 saturated carbocycles. The Kier molecular flexibility index (Phi) is 4.61. The van der Waals surface area contributed by atoms with E-state index >= 15 is 0 Å². The predicted molar refractivity (Wildman–Crippen MR) is 81.2 cm³/mol. The minimum absolute atomic E-state index is 0.366. The van der Waals surface area contributed by atoms with Crippen LogP contribution in [-0.2, 0) is 0 Å². The molecule has 0 fully saturated rings. The van der Waals surface area contributed by atoms with Gasteiger partial charge in [0.1, 0.15) is 0 Å². The second-order valence-electron chi connectivity index (χ2n) is 4.39. The molecule has 5 heteroatoms. The number of aliphatic hydroxyl groups excluding tert-OH is 1. The number of aliphatic hydroxyl groups is 1. The highest BCUT2D eigenvalue weighted by Crippen LogP contribution is 2.18. The first-order valence-corrected chi connectivity index (χ1v) is 6.54. The quantitative estimate of drug-likeness (QED) is 0.799. The third-order valence-electron chi connectivity index (χ3n) is 2.71. The molecule has 0 heterocycles. The molecular weight excluding hydrogens is 276 g/mol. The Balaban J connectivity index is 2.03. The lowest BCUT2D eigenvalue weighted by molar-refractivity contribution is 0.199. The van der Waals surface area contributed by atoms with Crippen molar-refractivity contribution in [3.05, 3.63) is 59.1 Å². The monoisotopic (exact) mass is 290 g/mol. The van der Waals surface area contributed by atoms with Crippen LogP contribution >= 0.6 is 11.6 Å². The molecule has 0 aliphatic carbocycles. The van der Waals surface area contributed by atoms with E-state index in [1.54, 1.807) is 55.5 Å². The predicted octanol–water partition coefficient (Wildman–Crippen LogP) is 4.04. The second-order valence-corrected chi connectivity index (χ2v) is 4.83. The number of urea groups is 1. The molecule has 4 nitrogen and oxygen atoms in total. The Labute approximate surface area is 122 Å². The van der Waals surface area contributed by atoms with Crippen molar-refractivity contribution in [2.75, 3.05) is 10.6 Å². The van der Waals surface area contributed by atoms with Gasteiger partial charge in [-0.05, 0) is 42.8 Å². The molecule has 0 aliphatic rings. The van der Waals surface area contributed by atoms with Crippen LogP contribution in [0.25, 0.3) is 0 Å². The molecule has 0 aromatic heterocycles. The van der Waals surface area contributed by atoms with Gasteiger partial charge in [0.05, 0.1) is 6.10 Å². The highest BCUT2D eigenvalue weighted by molar-refractivity contribution is 6.30. The average molecular weight is 291 g/mol. The molecule has 0 bridgehead atoms. The summed E-state index contributed by atoms with van der Waals surface area (Å²) in [7, 11) is 0. The number of amides is 2. The van der Waals surface area contributed by atoms with Crippen molar-refractivity contribution < 1.29 is 9.90 Å². The standard InChI is InChI=1S/C15H15ClN2O2/c1-10(19)11-4-2-6-13(8-11)17-15(20)18-14-7-3-5-12(16)9-14/h2-10,19H,1H3,(H2,17,18,20)/t10-/m0/s1. The van der Waals surface area contributed by atoms with Crippen LogP contribution in [-0.4, -0.2) is 11.1 Å². The maximum absolute atomic E-state index is 11.8. The van der Waals surface area contributed by atoms with E-state index in [0.717, 1.165) is 5.56 Å². The van der Waals surface area contributed by atoms with E-state index in [2.05, 4.69) is 10.6 Å². The van der Waals surface area contributed by atoms with E-state index in [1.807, 2.05) is 0 Å². The van der Waals surface area contributed by atoms with Gasteiger partial charge >= 0.3 is 6.03 Å². The highest BCUT2D eigenvalue weighted by atomic mass is 35.5. The molecule has 2 aromatic rings. The number of hydrogen-bond donors (Lipinski definition) is 3. The minimum Gasteiger partial charge on any atom is -0.389 e. The van der Waals surface area contributed by atoms with Crippen LogP contribution in [0.1, 0.15) is 18.6 Å². The van der Waals surface area contributed by atoms with Crippen molar-refractivity contribution >= 4 is 29.0 Å². The lowest BCUT2D eigenvalue weighted by Gasteiger charge is -2.10. The molecule has 2 amide bonds. The zero-order valence-electron chi connectivity index (χ0n) is 10.9. The maximum Gasteiger partial charge on any atom is 0.323 e. The Hall–Kier alpha value is -2.04. The van der Waals surface area contributed by atoms with Crippen LogP contribution in [0.2, 0.25) is 5.02 Å². The summed E-state index contributed by atoms with van der Waals surface area (Å²) < 4.78 is 0. The fourth-order valence-corrected chi connectivity index (χ4v) is 1.93. The van der Waals surface area contributed by atoms with Crippen molar-refractivity contribution in [3.8, 4) is 0 Å². The molecule has 2 rings (SSSR count). The summed E-state index contributed by atoms with van der Waals surface area (Å²) in [5.74, 6) is 0. The molecule has 0 spiro atoms. The fourth-order valence-electron chi connectivity index (χ4n) is 1.74.